The Labute approximate surface area is 139 Å². The van der Waals surface area contributed by atoms with Gasteiger partial charge in [0, 0.05) is 30.7 Å². The summed E-state index contributed by atoms with van der Waals surface area (Å²) in [7, 11) is 1.92. The Balaban J connectivity index is 1.61. The molecule has 118 valence electrons. The number of imidazole rings is 2. The molecule has 0 saturated carbocycles. The minimum Gasteiger partial charge on any atom is -0.345 e. The topological polar surface area (TPSA) is 63.3 Å². The number of hydrogen-bond donors (Lipinski definition) is 1. The van der Waals surface area contributed by atoms with E-state index in [0.717, 1.165) is 23.4 Å². The SMILES string of the molecule is C[n+]1[c-]n(-c2nccc(Cc3cccc(-c4cnc[nH]4)c3)n2)cc1. The van der Waals surface area contributed by atoms with E-state index in [1.54, 1.807) is 17.1 Å². The van der Waals surface area contributed by atoms with Crippen molar-refractivity contribution in [1.29, 1.82) is 0 Å². The van der Waals surface area contributed by atoms with Crippen LogP contribution in [0.4, 0.5) is 0 Å². The smallest absolute Gasteiger partial charge is 0.245 e. The van der Waals surface area contributed by atoms with Crippen LogP contribution >= 0.6 is 0 Å². The molecule has 4 rings (SSSR count). The molecule has 6 nitrogen and oxygen atoms in total. The molecule has 0 radical (unpaired) electrons. The van der Waals surface area contributed by atoms with E-state index in [4.69, 9.17) is 0 Å². The summed E-state index contributed by atoms with van der Waals surface area (Å²) in [6.07, 6.45) is 12.9. The van der Waals surface area contributed by atoms with E-state index in [0.29, 0.717) is 5.95 Å². The van der Waals surface area contributed by atoms with Crippen LogP contribution in [0.25, 0.3) is 17.2 Å². The summed E-state index contributed by atoms with van der Waals surface area (Å²) in [5.74, 6) is 0.623. The number of nitrogens with zero attached hydrogens (tertiary/aromatic N) is 5. The van der Waals surface area contributed by atoms with Crippen molar-refractivity contribution >= 4 is 0 Å². The van der Waals surface area contributed by atoms with Gasteiger partial charge in [0.1, 0.15) is 0 Å². The Morgan fingerprint density at radius 1 is 1.29 bits per heavy atom. The van der Waals surface area contributed by atoms with Crippen molar-refractivity contribution in [1.82, 2.24) is 24.5 Å². The Morgan fingerprint density at radius 3 is 3.04 bits per heavy atom. The number of hydrogen-bond acceptors (Lipinski definition) is 3. The van der Waals surface area contributed by atoms with Gasteiger partial charge in [-0.15, -0.1) is 0 Å². The molecule has 3 heterocycles. The van der Waals surface area contributed by atoms with Gasteiger partial charge in [0.2, 0.25) is 12.3 Å². The number of H-pyrrole nitrogens is 1. The van der Waals surface area contributed by atoms with E-state index in [2.05, 4.69) is 44.5 Å². The summed E-state index contributed by atoms with van der Waals surface area (Å²) in [6, 6.07) is 10.3. The van der Waals surface area contributed by atoms with Crippen molar-refractivity contribution in [2.75, 3.05) is 0 Å². The summed E-state index contributed by atoms with van der Waals surface area (Å²) in [5.41, 5.74) is 4.28. The van der Waals surface area contributed by atoms with Gasteiger partial charge in [-0.1, -0.05) is 18.2 Å². The molecule has 0 spiro atoms. The average molecular weight is 316 g/mol. The van der Waals surface area contributed by atoms with Crippen molar-refractivity contribution in [3.63, 3.8) is 0 Å². The highest BCUT2D eigenvalue weighted by molar-refractivity contribution is 5.59. The molecule has 24 heavy (non-hydrogen) atoms. The standard InChI is InChI=1S/C18H16N6/c1-23-7-8-24(13-23)18-20-6-5-16(22-18)10-14-3-2-4-15(9-14)17-11-19-12-21-17/h2-9,11-12H,10H2,1H3,(H,19,21). The molecule has 6 heteroatoms. The summed E-state index contributed by atoms with van der Waals surface area (Å²) in [6.45, 7) is 0. The van der Waals surface area contributed by atoms with Crippen LogP contribution in [-0.4, -0.2) is 24.5 Å². The molecule has 3 aromatic heterocycles. The molecule has 0 unspecified atom stereocenters. The van der Waals surface area contributed by atoms with Gasteiger partial charge in [0.05, 0.1) is 25.3 Å². The van der Waals surface area contributed by atoms with Crippen molar-refractivity contribution < 1.29 is 4.57 Å². The lowest BCUT2D eigenvalue weighted by molar-refractivity contribution is -0.674. The molecule has 1 N–H and O–H groups in total. The quantitative estimate of drug-likeness (QED) is 0.462. The fourth-order valence-corrected chi connectivity index (χ4v) is 2.59. The predicted molar refractivity (Wildman–Crippen MR) is 88.2 cm³/mol. The number of rotatable bonds is 4. The van der Waals surface area contributed by atoms with Crippen LogP contribution in [0.1, 0.15) is 11.3 Å². The van der Waals surface area contributed by atoms with Gasteiger partial charge in [-0.05, 0) is 23.3 Å². The third-order valence-corrected chi connectivity index (χ3v) is 3.74. The number of nitrogens with one attached hydrogen (secondary N) is 1. The molecule has 0 aliphatic rings. The minimum absolute atomic E-state index is 0.623. The lowest BCUT2D eigenvalue weighted by Crippen LogP contribution is -2.24. The first-order valence-electron chi connectivity index (χ1n) is 7.64. The van der Waals surface area contributed by atoms with Crippen LogP contribution in [0.3, 0.4) is 0 Å². The molecule has 0 bridgehead atoms. The van der Waals surface area contributed by atoms with Crippen molar-refractivity contribution in [3.05, 3.63) is 79.0 Å². The van der Waals surface area contributed by atoms with E-state index in [-0.39, 0.29) is 0 Å². The maximum atomic E-state index is 4.63. The summed E-state index contributed by atoms with van der Waals surface area (Å²) in [5, 5.41) is 0. The third kappa shape index (κ3) is 2.94. The second-order valence-corrected chi connectivity index (χ2v) is 5.57. The Bertz CT molecular complexity index is 955. The fourth-order valence-electron chi connectivity index (χ4n) is 2.59. The highest BCUT2D eigenvalue weighted by Crippen LogP contribution is 2.19. The maximum Gasteiger partial charge on any atom is 0.245 e. The van der Waals surface area contributed by atoms with Gasteiger partial charge in [0.25, 0.3) is 0 Å². The van der Waals surface area contributed by atoms with Gasteiger partial charge < -0.3 is 9.55 Å². The summed E-state index contributed by atoms with van der Waals surface area (Å²) < 4.78 is 3.62. The van der Waals surface area contributed by atoms with Gasteiger partial charge in [0.15, 0.2) is 0 Å². The summed E-state index contributed by atoms with van der Waals surface area (Å²) >= 11 is 0. The molecular weight excluding hydrogens is 300 g/mol. The molecule has 0 atom stereocenters. The van der Waals surface area contributed by atoms with E-state index in [1.165, 1.54) is 5.56 Å². The lowest BCUT2D eigenvalue weighted by Gasteiger charge is -2.06. The minimum atomic E-state index is 0.623. The van der Waals surface area contributed by atoms with Gasteiger partial charge in [-0.3, -0.25) is 4.57 Å². The summed E-state index contributed by atoms with van der Waals surface area (Å²) in [4.78, 5) is 16.2. The normalized spacial score (nSPS) is 10.9. The number of aromatic nitrogens is 6. The maximum absolute atomic E-state index is 4.63. The van der Waals surface area contributed by atoms with Crippen LogP contribution in [0.15, 0.2) is 61.4 Å². The van der Waals surface area contributed by atoms with Gasteiger partial charge >= 0.3 is 0 Å². The van der Waals surface area contributed by atoms with Crippen LogP contribution in [0.5, 0.6) is 0 Å². The van der Waals surface area contributed by atoms with Crippen molar-refractivity contribution in [2.24, 2.45) is 7.05 Å². The zero-order valence-corrected chi connectivity index (χ0v) is 13.2. The molecule has 0 aliphatic carbocycles. The third-order valence-electron chi connectivity index (χ3n) is 3.74. The molecule has 0 amide bonds. The Kier molecular flexibility index (Phi) is 3.63. The largest absolute Gasteiger partial charge is 0.345 e. The number of benzene rings is 1. The van der Waals surface area contributed by atoms with Crippen LogP contribution in [-0.2, 0) is 13.5 Å². The van der Waals surface area contributed by atoms with Gasteiger partial charge in [-0.2, -0.15) is 0 Å². The molecule has 1 aromatic carbocycles. The number of aromatic amines is 1. The molecule has 4 aromatic rings. The second kappa shape index (κ2) is 6.08. The zero-order valence-electron chi connectivity index (χ0n) is 13.2. The molecule has 0 fully saturated rings. The zero-order chi connectivity index (χ0) is 16.4. The van der Waals surface area contributed by atoms with Crippen LogP contribution in [0, 0.1) is 6.33 Å². The first-order chi connectivity index (χ1) is 11.8. The van der Waals surface area contributed by atoms with Crippen molar-refractivity contribution in [2.45, 2.75) is 6.42 Å². The van der Waals surface area contributed by atoms with Gasteiger partial charge in [-0.25, -0.2) is 15.0 Å². The van der Waals surface area contributed by atoms with E-state index >= 15 is 0 Å². The van der Waals surface area contributed by atoms with Crippen molar-refractivity contribution in [3.8, 4) is 17.2 Å². The van der Waals surface area contributed by atoms with E-state index in [9.17, 15) is 0 Å². The number of aryl methyl sites for hydroxylation is 1. The lowest BCUT2D eigenvalue weighted by atomic mass is 10.0. The monoisotopic (exact) mass is 316 g/mol. The van der Waals surface area contributed by atoms with Crippen LogP contribution in [0.2, 0.25) is 0 Å². The van der Waals surface area contributed by atoms with Crippen LogP contribution < -0.4 is 4.57 Å². The Hall–Kier alpha value is -3.28. The highest BCUT2D eigenvalue weighted by atomic mass is 15.2. The first kappa shape index (κ1) is 14.3. The predicted octanol–water partition coefficient (Wildman–Crippen LogP) is 1.87. The van der Waals surface area contributed by atoms with E-state index < -0.39 is 0 Å². The average Bonchev–Trinajstić information content (AvgIpc) is 3.27. The first-order valence-corrected chi connectivity index (χ1v) is 7.64. The fraction of sp³-hybridized carbons (Fsp3) is 0.111. The molecule has 0 saturated heterocycles. The molecular formula is C18H16N6. The van der Waals surface area contributed by atoms with E-state index in [1.807, 2.05) is 42.3 Å². The second-order valence-electron chi connectivity index (χ2n) is 5.57. The Morgan fingerprint density at radius 2 is 2.25 bits per heavy atom. The highest BCUT2D eigenvalue weighted by Gasteiger charge is 2.05. The molecule has 0 aliphatic heterocycles.